The zero-order chi connectivity index (χ0) is 24.9. The van der Waals surface area contributed by atoms with Gasteiger partial charge in [-0.15, -0.1) is 0 Å². The van der Waals surface area contributed by atoms with Gasteiger partial charge in [0.05, 0.1) is 12.2 Å². The van der Waals surface area contributed by atoms with Crippen molar-refractivity contribution >= 4 is 17.7 Å². The molecule has 34 heavy (non-hydrogen) atoms. The average molecular weight is 469 g/mol. The molecule has 2 amide bonds. The Morgan fingerprint density at radius 2 is 2.03 bits per heavy atom. The van der Waals surface area contributed by atoms with Gasteiger partial charge in [0.25, 0.3) is 0 Å². The lowest BCUT2D eigenvalue weighted by Crippen LogP contribution is -2.50. The van der Waals surface area contributed by atoms with Gasteiger partial charge >= 0.3 is 6.09 Å². The first-order chi connectivity index (χ1) is 16.0. The molecule has 8 nitrogen and oxygen atoms in total. The zero-order valence-corrected chi connectivity index (χ0v) is 20.9. The Bertz CT molecular complexity index is 988. The Labute approximate surface area is 202 Å². The number of carbonyl (C=O) groups excluding carboxylic acids is 2. The molecule has 2 aromatic rings. The number of aromatic nitrogens is 1. The minimum Gasteiger partial charge on any atom is -0.482 e. The molecule has 0 fully saturated rings. The first-order valence-corrected chi connectivity index (χ1v) is 11.7. The molecule has 3 rings (SSSR count). The van der Waals surface area contributed by atoms with E-state index in [-0.39, 0.29) is 24.4 Å². The van der Waals surface area contributed by atoms with E-state index in [9.17, 15) is 9.59 Å². The van der Waals surface area contributed by atoms with Crippen LogP contribution in [0.15, 0.2) is 42.6 Å². The second kappa shape index (κ2) is 10.8. The fourth-order valence-electron chi connectivity index (χ4n) is 4.08. The number of amides is 2. The second-order valence-electron chi connectivity index (χ2n) is 9.88. The molecule has 2 unspecified atom stereocenters. The molecule has 1 aromatic carbocycles. The number of nitrogens with one attached hydrogen (secondary N) is 2. The van der Waals surface area contributed by atoms with Gasteiger partial charge in [-0.05, 0) is 56.9 Å². The van der Waals surface area contributed by atoms with Crippen molar-refractivity contribution in [1.29, 1.82) is 0 Å². The highest BCUT2D eigenvalue weighted by Crippen LogP contribution is 2.32. The Hall–Kier alpha value is -3.29. The third kappa shape index (κ3) is 6.62. The number of hydrogen-bond donors (Lipinski definition) is 2. The van der Waals surface area contributed by atoms with Crippen molar-refractivity contribution in [3.63, 3.8) is 0 Å². The Morgan fingerprint density at radius 1 is 1.26 bits per heavy atom. The van der Waals surface area contributed by atoms with E-state index in [0.717, 1.165) is 17.7 Å². The quantitative estimate of drug-likeness (QED) is 0.669. The number of carbonyl (C=O) groups is 2. The Kier molecular flexibility index (Phi) is 8.02. The summed E-state index contributed by atoms with van der Waals surface area (Å²) in [6.07, 6.45) is 1.40. The number of nitrogens with zero attached hydrogens (tertiary/aromatic N) is 2. The Morgan fingerprint density at radius 3 is 2.68 bits per heavy atom. The van der Waals surface area contributed by atoms with Gasteiger partial charge in [-0.3, -0.25) is 9.78 Å². The third-order valence-corrected chi connectivity index (χ3v) is 5.57. The number of likely N-dealkylation sites (N-methyl/N-ethyl adjacent to an activating group) is 1. The smallest absolute Gasteiger partial charge is 0.407 e. The molecule has 0 aliphatic carbocycles. The van der Waals surface area contributed by atoms with Crippen LogP contribution in [0.4, 0.5) is 10.5 Å². The van der Waals surface area contributed by atoms with Crippen molar-refractivity contribution in [2.75, 3.05) is 25.0 Å². The van der Waals surface area contributed by atoms with Crippen molar-refractivity contribution in [3.8, 4) is 5.75 Å². The van der Waals surface area contributed by atoms with Crippen LogP contribution < -0.4 is 20.3 Å². The summed E-state index contributed by atoms with van der Waals surface area (Å²) < 4.78 is 11.7. The van der Waals surface area contributed by atoms with Gasteiger partial charge in [-0.25, -0.2) is 4.79 Å². The van der Waals surface area contributed by atoms with Crippen LogP contribution in [0.3, 0.4) is 0 Å². The molecule has 0 radical (unpaired) electrons. The van der Waals surface area contributed by atoms with E-state index in [0.29, 0.717) is 18.0 Å². The van der Waals surface area contributed by atoms with Crippen LogP contribution in [-0.4, -0.2) is 48.8 Å². The number of pyridine rings is 1. The van der Waals surface area contributed by atoms with E-state index in [4.69, 9.17) is 9.47 Å². The fourth-order valence-corrected chi connectivity index (χ4v) is 4.08. The van der Waals surface area contributed by atoms with Crippen LogP contribution in [0.2, 0.25) is 0 Å². The monoisotopic (exact) mass is 468 g/mol. The summed E-state index contributed by atoms with van der Waals surface area (Å²) in [4.78, 5) is 31.4. The van der Waals surface area contributed by atoms with Crippen LogP contribution in [0.25, 0.3) is 0 Å². The molecular formula is C26H36N4O4. The SMILES string of the molecule is CC(C)C1C(=O)NCCc2ccc(OC(CNC(=O)OC(C)(C)C)c3ccccn3)cc2N1C. The molecule has 0 bridgehead atoms. The van der Waals surface area contributed by atoms with Crippen molar-refractivity contribution in [2.45, 2.75) is 58.8 Å². The predicted octanol–water partition coefficient (Wildman–Crippen LogP) is 3.86. The molecule has 0 saturated heterocycles. The van der Waals surface area contributed by atoms with E-state index in [2.05, 4.69) is 15.6 Å². The number of hydrogen-bond acceptors (Lipinski definition) is 6. The summed E-state index contributed by atoms with van der Waals surface area (Å²) in [7, 11) is 1.94. The van der Waals surface area contributed by atoms with Crippen molar-refractivity contribution in [3.05, 3.63) is 53.9 Å². The highest BCUT2D eigenvalue weighted by Gasteiger charge is 2.30. The standard InChI is InChI=1S/C26H36N4O4/c1-17(2)23-24(31)28-14-12-18-10-11-19(15-21(18)30(23)6)33-22(20-9-7-8-13-27-20)16-29-25(32)34-26(3,4)5/h7-11,13,15,17,22-23H,12,14,16H2,1-6H3,(H,28,31)(H,29,32). The molecule has 2 heterocycles. The van der Waals surface area contributed by atoms with Gasteiger partial charge < -0.3 is 25.0 Å². The summed E-state index contributed by atoms with van der Waals surface area (Å²) >= 11 is 0. The van der Waals surface area contributed by atoms with E-state index >= 15 is 0 Å². The maximum Gasteiger partial charge on any atom is 0.407 e. The van der Waals surface area contributed by atoms with Gasteiger partial charge in [-0.2, -0.15) is 0 Å². The highest BCUT2D eigenvalue weighted by molar-refractivity contribution is 5.86. The normalized spacial score (nSPS) is 17.2. The number of rotatable bonds is 6. The molecule has 0 saturated carbocycles. The number of benzene rings is 1. The highest BCUT2D eigenvalue weighted by atomic mass is 16.6. The lowest BCUT2D eigenvalue weighted by atomic mass is 9.97. The lowest BCUT2D eigenvalue weighted by molar-refractivity contribution is -0.123. The summed E-state index contributed by atoms with van der Waals surface area (Å²) in [6.45, 7) is 10.3. The average Bonchev–Trinajstić information content (AvgIpc) is 2.75. The van der Waals surface area contributed by atoms with Crippen LogP contribution in [-0.2, 0) is 16.0 Å². The molecule has 2 N–H and O–H groups in total. The van der Waals surface area contributed by atoms with Crippen LogP contribution in [0, 0.1) is 5.92 Å². The largest absolute Gasteiger partial charge is 0.482 e. The fraction of sp³-hybridized carbons (Fsp3) is 0.500. The van der Waals surface area contributed by atoms with Crippen LogP contribution in [0.1, 0.15) is 52.0 Å². The summed E-state index contributed by atoms with van der Waals surface area (Å²) in [5.74, 6) is 0.804. The van der Waals surface area contributed by atoms with Crippen molar-refractivity contribution in [2.24, 2.45) is 5.92 Å². The molecule has 2 atom stereocenters. The molecule has 184 valence electrons. The molecule has 8 heteroatoms. The summed E-state index contributed by atoms with van der Waals surface area (Å²) in [5.41, 5.74) is 2.20. The lowest BCUT2D eigenvalue weighted by Gasteiger charge is -2.35. The number of ether oxygens (including phenoxy) is 2. The van der Waals surface area contributed by atoms with E-state index < -0.39 is 17.8 Å². The second-order valence-corrected chi connectivity index (χ2v) is 9.88. The molecule has 1 aromatic heterocycles. The maximum atomic E-state index is 12.7. The Balaban J connectivity index is 1.85. The molecule has 1 aliphatic heterocycles. The first-order valence-electron chi connectivity index (χ1n) is 11.7. The van der Waals surface area contributed by atoms with E-state index in [1.807, 2.05) is 83.0 Å². The van der Waals surface area contributed by atoms with Gasteiger partial charge in [0.2, 0.25) is 5.91 Å². The molecule has 0 spiro atoms. The minimum absolute atomic E-state index is 0.0300. The van der Waals surface area contributed by atoms with Gasteiger partial charge in [-0.1, -0.05) is 26.0 Å². The van der Waals surface area contributed by atoms with Crippen molar-refractivity contribution in [1.82, 2.24) is 15.6 Å². The zero-order valence-electron chi connectivity index (χ0n) is 20.9. The van der Waals surface area contributed by atoms with Gasteiger partial charge in [0.1, 0.15) is 17.4 Å². The van der Waals surface area contributed by atoms with Gasteiger partial charge in [0, 0.05) is 31.5 Å². The molecule has 1 aliphatic rings. The summed E-state index contributed by atoms with van der Waals surface area (Å²) in [5, 5.41) is 5.81. The molecular weight excluding hydrogens is 432 g/mol. The first kappa shape index (κ1) is 25.3. The third-order valence-electron chi connectivity index (χ3n) is 5.57. The number of alkyl carbamates (subject to hydrolysis) is 1. The number of anilines is 1. The van der Waals surface area contributed by atoms with Crippen LogP contribution >= 0.6 is 0 Å². The summed E-state index contributed by atoms with van der Waals surface area (Å²) in [6, 6.07) is 11.2. The number of fused-ring (bicyclic) bond motifs is 1. The topological polar surface area (TPSA) is 92.8 Å². The predicted molar refractivity (Wildman–Crippen MR) is 132 cm³/mol. The van der Waals surface area contributed by atoms with E-state index in [1.54, 1.807) is 6.20 Å². The van der Waals surface area contributed by atoms with E-state index in [1.165, 1.54) is 0 Å². The van der Waals surface area contributed by atoms with Gasteiger partial charge in [0.15, 0.2) is 6.10 Å². The van der Waals surface area contributed by atoms with Crippen LogP contribution in [0.5, 0.6) is 5.75 Å². The van der Waals surface area contributed by atoms with Crippen molar-refractivity contribution < 1.29 is 19.1 Å². The minimum atomic E-state index is -0.592. The maximum absolute atomic E-state index is 12.7.